The fraction of sp³-hybridized carbons (Fsp3) is 0.462. The minimum atomic E-state index is -0.0251. The molecule has 0 spiro atoms. The van der Waals surface area contributed by atoms with Gasteiger partial charge in [-0.15, -0.1) is 0 Å². The van der Waals surface area contributed by atoms with Crippen molar-refractivity contribution < 1.29 is 4.79 Å². The average Bonchev–Trinajstić information content (AvgIpc) is 2.37. The van der Waals surface area contributed by atoms with E-state index in [2.05, 4.69) is 10.6 Å². The lowest BCUT2D eigenvalue weighted by atomic mass is 10.0. The van der Waals surface area contributed by atoms with Crippen LogP contribution in [0, 0.1) is 0 Å². The molecule has 0 radical (unpaired) electrons. The average molecular weight is 253 g/mol. The molecular formula is C13H17ClN2O. The number of amides is 1. The van der Waals surface area contributed by atoms with Gasteiger partial charge in [0.15, 0.2) is 0 Å². The molecule has 0 aromatic heterocycles. The van der Waals surface area contributed by atoms with E-state index in [4.69, 9.17) is 11.6 Å². The molecule has 2 N–H and O–H groups in total. The van der Waals surface area contributed by atoms with Crippen LogP contribution in [0.25, 0.3) is 0 Å². The van der Waals surface area contributed by atoms with E-state index in [0.29, 0.717) is 11.6 Å². The van der Waals surface area contributed by atoms with Crippen molar-refractivity contribution in [2.75, 3.05) is 6.54 Å². The standard InChI is InChI=1S/C13H17ClN2O/c14-11-5-3-4-10(8-11)9-16-13(17)12-6-1-2-7-15-12/h3-5,8,12,15H,1-2,6-7,9H2,(H,16,17). The van der Waals surface area contributed by atoms with Crippen LogP contribution in [0.3, 0.4) is 0 Å². The minimum Gasteiger partial charge on any atom is -0.351 e. The zero-order valence-electron chi connectivity index (χ0n) is 9.71. The molecule has 17 heavy (non-hydrogen) atoms. The monoisotopic (exact) mass is 252 g/mol. The van der Waals surface area contributed by atoms with E-state index in [-0.39, 0.29) is 11.9 Å². The van der Waals surface area contributed by atoms with Crippen molar-refractivity contribution in [2.45, 2.75) is 31.8 Å². The van der Waals surface area contributed by atoms with Crippen molar-refractivity contribution in [3.63, 3.8) is 0 Å². The van der Waals surface area contributed by atoms with Crippen molar-refractivity contribution in [3.05, 3.63) is 34.9 Å². The number of hydrogen-bond donors (Lipinski definition) is 2. The van der Waals surface area contributed by atoms with Gasteiger partial charge in [0.2, 0.25) is 5.91 Å². The fourth-order valence-corrected chi connectivity index (χ4v) is 2.25. The Labute approximate surface area is 107 Å². The quantitative estimate of drug-likeness (QED) is 0.865. The molecule has 1 aromatic rings. The van der Waals surface area contributed by atoms with Gasteiger partial charge >= 0.3 is 0 Å². The maximum Gasteiger partial charge on any atom is 0.237 e. The first-order valence-corrected chi connectivity index (χ1v) is 6.39. The Kier molecular flexibility index (Phi) is 4.40. The molecule has 1 heterocycles. The van der Waals surface area contributed by atoms with Crippen LogP contribution in [-0.4, -0.2) is 18.5 Å². The van der Waals surface area contributed by atoms with Crippen LogP contribution in [-0.2, 0) is 11.3 Å². The van der Waals surface area contributed by atoms with Crippen molar-refractivity contribution in [1.82, 2.24) is 10.6 Å². The molecule has 92 valence electrons. The molecule has 3 nitrogen and oxygen atoms in total. The third kappa shape index (κ3) is 3.72. The van der Waals surface area contributed by atoms with E-state index in [9.17, 15) is 4.79 Å². The van der Waals surface area contributed by atoms with Crippen LogP contribution in [0.4, 0.5) is 0 Å². The van der Waals surface area contributed by atoms with Crippen molar-refractivity contribution in [1.29, 1.82) is 0 Å². The summed E-state index contributed by atoms with van der Waals surface area (Å²) in [4.78, 5) is 11.8. The van der Waals surface area contributed by atoms with E-state index < -0.39 is 0 Å². The summed E-state index contributed by atoms with van der Waals surface area (Å²) in [6.45, 7) is 1.48. The molecule has 1 saturated heterocycles. The lowest BCUT2D eigenvalue weighted by molar-refractivity contribution is -0.123. The van der Waals surface area contributed by atoms with Gasteiger partial charge in [-0.25, -0.2) is 0 Å². The second kappa shape index (κ2) is 6.03. The number of carbonyl (C=O) groups excluding carboxylic acids is 1. The smallest absolute Gasteiger partial charge is 0.237 e. The highest BCUT2D eigenvalue weighted by atomic mass is 35.5. The van der Waals surface area contributed by atoms with Crippen molar-refractivity contribution >= 4 is 17.5 Å². The van der Waals surface area contributed by atoms with E-state index in [1.807, 2.05) is 24.3 Å². The zero-order chi connectivity index (χ0) is 12.1. The molecular weight excluding hydrogens is 236 g/mol. The molecule has 1 unspecified atom stereocenters. The zero-order valence-corrected chi connectivity index (χ0v) is 10.5. The number of carbonyl (C=O) groups is 1. The van der Waals surface area contributed by atoms with Crippen molar-refractivity contribution in [3.8, 4) is 0 Å². The Bertz CT molecular complexity index is 389. The van der Waals surface area contributed by atoms with Gasteiger partial charge in [-0.3, -0.25) is 4.79 Å². The minimum absolute atomic E-state index is 0.0251. The van der Waals surface area contributed by atoms with Gasteiger partial charge in [0.1, 0.15) is 0 Å². The van der Waals surface area contributed by atoms with Gasteiger partial charge in [0.25, 0.3) is 0 Å². The van der Waals surface area contributed by atoms with Crippen LogP contribution in [0.1, 0.15) is 24.8 Å². The number of halogens is 1. The molecule has 1 amide bonds. The van der Waals surface area contributed by atoms with Crippen LogP contribution < -0.4 is 10.6 Å². The van der Waals surface area contributed by atoms with Gasteiger partial charge in [0, 0.05) is 11.6 Å². The van der Waals surface area contributed by atoms with E-state index >= 15 is 0 Å². The Morgan fingerprint density at radius 2 is 2.35 bits per heavy atom. The van der Waals surface area contributed by atoms with Crippen LogP contribution in [0.2, 0.25) is 5.02 Å². The molecule has 1 aromatic carbocycles. The molecule has 0 bridgehead atoms. The Morgan fingerprint density at radius 1 is 1.47 bits per heavy atom. The van der Waals surface area contributed by atoms with Gasteiger partial charge in [-0.05, 0) is 37.1 Å². The van der Waals surface area contributed by atoms with Crippen LogP contribution >= 0.6 is 11.6 Å². The van der Waals surface area contributed by atoms with Gasteiger partial charge < -0.3 is 10.6 Å². The van der Waals surface area contributed by atoms with E-state index in [1.54, 1.807) is 0 Å². The largest absolute Gasteiger partial charge is 0.351 e. The molecule has 1 aliphatic heterocycles. The number of rotatable bonds is 3. The molecule has 1 atom stereocenters. The van der Waals surface area contributed by atoms with Crippen molar-refractivity contribution in [2.24, 2.45) is 0 Å². The highest BCUT2D eigenvalue weighted by Crippen LogP contribution is 2.11. The first-order chi connectivity index (χ1) is 8.25. The second-order valence-electron chi connectivity index (χ2n) is 4.35. The maximum absolute atomic E-state index is 11.8. The summed E-state index contributed by atoms with van der Waals surface area (Å²) in [6.07, 6.45) is 3.22. The topological polar surface area (TPSA) is 41.1 Å². The highest BCUT2D eigenvalue weighted by molar-refractivity contribution is 6.30. The molecule has 1 aliphatic rings. The predicted molar refractivity (Wildman–Crippen MR) is 68.9 cm³/mol. The second-order valence-corrected chi connectivity index (χ2v) is 4.79. The summed E-state index contributed by atoms with van der Waals surface area (Å²) in [5.41, 5.74) is 1.03. The Morgan fingerprint density at radius 3 is 3.06 bits per heavy atom. The van der Waals surface area contributed by atoms with Gasteiger partial charge in [-0.2, -0.15) is 0 Å². The number of benzene rings is 1. The number of nitrogens with one attached hydrogen (secondary N) is 2. The van der Waals surface area contributed by atoms with Crippen LogP contribution in [0.15, 0.2) is 24.3 Å². The molecule has 4 heteroatoms. The number of hydrogen-bond acceptors (Lipinski definition) is 2. The summed E-state index contributed by atoms with van der Waals surface area (Å²) in [7, 11) is 0. The Balaban J connectivity index is 1.83. The first-order valence-electron chi connectivity index (χ1n) is 6.01. The van der Waals surface area contributed by atoms with Gasteiger partial charge in [-0.1, -0.05) is 30.2 Å². The normalized spacial score (nSPS) is 19.9. The third-order valence-electron chi connectivity index (χ3n) is 2.98. The summed E-state index contributed by atoms with van der Waals surface area (Å²) >= 11 is 5.88. The molecule has 0 aliphatic carbocycles. The SMILES string of the molecule is O=C(NCc1cccc(Cl)c1)C1CCCCN1. The molecule has 0 saturated carbocycles. The summed E-state index contributed by atoms with van der Waals surface area (Å²) in [5.74, 6) is 0.0877. The summed E-state index contributed by atoms with van der Waals surface area (Å²) in [5, 5.41) is 6.87. The maximum atomic E-state index is 11.8. The number of piperidine rings is 1. The lowest BCUT2D eigenvalue weighted by Gasteiger charge is -2.22. The third-order valence-corrected chi connectivity index (χ3v) is 3.22. The predicted octanol–water partition coefficient (Wildman–Crippen LogP) is 2.10. The fourth-order valence-electron chi connectivity index (χ4n) is 2.03. The lowest BCUT2D eigenvalue weighted by Crippen LogP contribution is -2.46. The molecule has 2 rings (SSSR count). The first kappa shape index (κ1) is 12.4. The highest BCUT2D eigenvalue weighted by Gasteiger charge is 2.19. The van der Waals surface area contributed by atoms with Gasteiger partial charge in [0.05, 0.1) is 6.04 Å². The molecule has 1 fully saturated rings. The Hall–Kier alpha value is -1.06. The summed E-state index contributed by atoms with van der Waals surface area (Å²) in [6, 6.07) is 7.53. The van der Waals surface area contributed by atoms with Crippen LogP contribution in [0.5, 0.6) is 0 Å². The van der Waals surface area contributed by atoms with E-state index in [0.717, 1.165) is 31.4 Å². The summed E-state index contributed by atoms with van der Waals surface area (Å²) < 4.78 is 0. The van der Waals surface area contributed by atoms with E-state index in [1.165, 1.54) is 0 Å².